The molecule has 480 valence electrons. The molecule has 0 spiro atoms. The van der Waals surface area contributed by atoms with Gasteiger partial charge in [-0.2, -0.15) is 0 Å². The molecule has 0 bridgehead atoms. The lowest BCUT2D eigenvalue weighted by atomic mass is 9.96. The largest absolute Gasteiger partial charge is 0.394 e. The zero-order valence-corrected chi connectivity index (χ0v) is 50.1. The molecule has 3 aliphatic heterocycles. The number of carbonyl (C=O) groups excluding carboxylic acids is 1. The van der Waals surface area contributed by atoms with E-state index in [9.17, 15) is 61.0 Å². The van der Waals surface area contributed by atoms with E-state index in [-0.39, 0.29) is 18.9 Å². The minimum absolute atomic E-state index is 0.201. The van der Waals surface area contributed by atoms with Gasteiger partial charge in [-0.1, -0.05) is 196 Å². The fraction of sp³-hybridized carbons (Fsp3) is 0.797. The van der Waals surface area contributed by atoms with E-state index in [0.29, 0.717) is 6.42 Å². The Balaban J connectivity index is 1.50. The van der Waals surface area contributed by atoms with Crippen LogP contribution in [0.2, 0.25) is 0 Å². The van der Waals surface area contributed by atoms with E-state index in [0.717, 1.165) is 77.0 Å². The summed E-state index contributed by atoms with van der Waals surface area (Å²) in [6.45, 7) is 1.58. The van der Waals surface area contributed by atoms with Gasteiger partial charge in [-0.25, -0.2) is 0 Å². The van der Waals surface area contributed by atoms with Crippen molar-refractivity contribution in [2.75, 3.05) is 26.4 Å². The second-order valence-electron chi connectivity index (χ2n) is 22.5. The van der Waals surface area contributed by atoms with E-state index < -0.39 is 124 Å². The molecule has 3 fully saturated rings. The van der Waals surface area contributed by atoms with Gasteiger partial charge in [-0.15, -0.1) is 0 Å². The molecule has 3 saturated heterocycles. The van der Waals surface area contributed by atoms with Crippen LogP contribution in [0.25, 0.3) is 0 Å². The summed E-state index contributed by atoms with van der Waals surface area (Å²) in [5.41, 5.74) is 0. The van der Waals surface area contributed by atoms with Crippen LogP contribution in [0.5, 0.6) is 0 Å². The molecule has 19 nitrogen and oxygen atoms in total. The second-order valence-corrected chi connectivity index (χ2v) is 22.5. The summed E-state index contributed by atoms with van der Waals surface area (Å²) < 4.78 is 34.3. The highest BCUT2D eigenvalue weighted by atomic mass is 16.8. The minimum atomic E-state index is -1.98. The highest BCUT2D eigenvalue weighted by Gasteiger charge is 2.53. The van der Waals surface area contributed by atoms with Crippen molar-refractivity contribution in [1.29, 1.82) is 0 Å². The zero-order chi connectivity index (χ0) is 60.5. The van der Waals surface area contributed by atoms with Crippen molar-refractivity contribution in [3.8, 4) is 0 Å². The molecule has 0 aromatic rings. The van der Waals surface area contributed by atoms with Gasteiger partial charge >= 0.3 is 0 Å². The summed E-state index contributed by atoms with van der Waals surface area (Å²) in [7, 11) is 0. The smallest absolute Gasteiger partial charge is 0.220 e. The first-order valence-corrected chi connectivity index (χ1v) is 31.7. The quantitative estimate of drug-likeness (QED) is 0.0226. The molecule has 0 aromatic carbocycles. The monoisotopic (exact) mass is 1180 g/mol. The summed E-state index contributed by atoms with van der Waals surface area (Å²) in [5, 5.41) is 120. The van der Waals surface area contributed by atoms with Gasteiger partial charge in [-0.05, 0) is 64.2 Å². The topological polar surface area (TPSA) is 307 Å². The third-order valence-corrected chi connectivity index (χ3v) is 15.5. The Morgan fingerprint density at radius 1 is 0.446 bits per heavy atom. The molecule has 0 aliphatic carbocycles. The molecule has 0 radical (unpaired) electrons. The van der Waals surface area contributed by atoms with Crippen LogP contribution in [0.15, 0.2) is 72.9 Å². The van der Waals surface area contributed by atoms with Crippen molar-refractivity contribution in [2.24, 2.45) is 0 Å². The van der Waals surface area contributed by atoms with Crippen LogP contribution in [-0.4, -0.2) is 193 Å². The third kappa shape index (κ3) is 29.7. The van der Waals surface area contributed by atoms with Gasteiger partial charge in [0, 0.05) is 6.42 Å². The Hall–Kier alpha value is -2.77. The Kier molecular flexibility index (Phi) is 41.6. The molecule has 1 amide bonds. The lowest BCUT2D eigenvalue weighted by Gasteiger charge is -2.48. The maximum absolute atomic E-state index is 13.3. The number of aliphatic hydroxyl groups is 11. The average molecular weight is 1180 g/mol. The molecule has 17 atom stereocenters. The number of amides is 1. The molecule has 0 saturated carbocycles. The van der Waals surface area contributed by atoms with Gasteiger partial charge in [0.25, 0.3) is 0 Å². The van der Waals surface area contributed by atoms with Crippen LogP contribution in [0, 0.1) is 0 Å². The van der Waals surface area contributed by atoms with Crippen LogP contribution in [0.4, 0.5) is 0 Å². The highest BCUT2D eigenvalue weighted by Crippen LogP contribution is 2.33. The number of carbonyl (C=O) groups is 1. The molecule has 12 N–H and O–H groups in total. The first-order valence-electron chi connectivity index (χ1n) is 31.7. The summed E-state index contributed by atoms with van der Waals surface area (Å²) in [6, 6.07) is -0.995. The van der Waals surface area contributed by atoms with Crippen LogP contribution >= 0.6 is 0 Å². The SMILES string of the molecule is CC/C=C\C/C=C\C/C=C\C/C=C\C/C=C\CCCCCC(=O)NC(COC1OC(CO)C(OC2OC(CO)C(OC3OC(CO)C(O)C(O)C3O)C(O)C2O)C(O)C1O)C(O)/C=C/CCCCCCCCCCCCCCCCCCC. The molecule has 83 heavy (non-hydrogen) atoms. The number of ether oxygens (including phenoxy) is 6. The fourth-order valence-corrected chi connectivity index (χ4v) is 10.3. The standard InChI is InChI=1S/C64H111NO18/c1-3-5-7-9-11-13-15-17-19-21-23-25-27-29-31-33-35-37-39-41-48(69)47(65-52(70)42-40-38-36-34-32-30-28-26-24-22-20-18-16-14-12-10-8-6-4-2)46-78-62-58(76)55(73)60(50(44-67)80-62)83-64-59(77)56(74)61(51(45-68)81-64)82-63-57(75)54(72)53(71)49(43-66)79-63/h6,8,12,14,18,20,24,26,30,32,39,41,47-51,53-64,66-69,71-77H,3-5,7,9-11,13,15-17,19,21-23,25,27-29,31,33-38,40,42-46H2,1-2H3,(H,65,70)/b8-6-,14-12-,20-18-,26-24-,32-30-,41-39+. The first-order chi connectivity index (χ1) is 40.3. The van der Waals surface area contributed by atoms with Gasteiger partial charge in [0.05, 0.1) is 38.6 Å². The number of unbranched alkanes of at least 4 members (excludes halogenated alkanes) is 20. The maximum Gasteiger partial charge on any atom is 0.220 e. The van der Waals surface area contributed by atoms with Crippen molar-refractivity contribution in [3.05, 3.63) is 72.9 Å². The molecule has 3 rings (SSSR count). The van der Waals surface area contributed by atoms with E-state index in [2.05, 4.69) is 79.9 Å². The zero-order valence-electron chi connectivity index (χ0n) is 50.1. The van der Waals surface area contributed by atoms with Crippen molar-refractivity contribution in [3.63, 3.8) is 0 Å². The summed E-state index contributed by atoms with van der Waals surface area (Å²) >= 11 is 0. The van der Waals surface area contributed by atoms with Gasteiger partial charge in [0.1, 0.15) is 73.2 Å². The van der Waals surface area contributed by atoms with Crippen LogP contribution in [-0.2, 0) is 33.2 Å². The lowest BCUT2D eigenvalue weighted by molar-refractivity contribution is -0.379. The molecule has 17 unspecified atom stereocenters. The number of aliphatic hydroxyl groups excluding tert-OH is 11. The van der Waals surface area contributed by atoms with E-state index >= 15 is 0 Å². The fourth-order valence-electron chi connectivity index (χ4n) is 10.3. The predicted octanol–water partition coefficient (Wildman–Crippen LogP) is 6.60. The minimum Gasteiger partial charge on any atom is -0.394 e. The molecule has 19 heteroatoms. The van der Waals surface area contributed by atoms with Gasteiger partial charge in [-0.3, -0.25) is 4.79 Å². The number of hydrogen-bond acceptors (Lipinski definition) is 18. The van der Waals surface area contributed by atoms with Gasteiger partial charge < -0.3 is 89.9 Å². The number of allylic oxidation sites excluding steroid dienone is 11. The summed E-state index contributed by atoms with van der Waals surface area (Å²) in [6.07, 6.45) is 28.7. The molecular formula is C64H111NO18. The van der Waals surface area contributed by atoms with Crippen molar-refractivity contribution in [2.45, 2.75) is 298 Å². The van der Waals surface area contributed by atoms with E-state index in [1.54, 1.807) is 6.08 Å². The number of rotatable bonds is 46. The van der Waals surface area contributed by atoms with Crippen molar-refractivity contribution >= 4 is 5.91 Å². The molecule has 3 heterocycles. The van der Waals surface area contributed by atoms with E-state index in [4.69, 9.17) is 28.4 Å². The van der Waals surface area contributed by atoms with Crippen LogP contribution in [0.3, 0.4) is 0 Å². The number of hydrogen-bond donors (Lipinski definition) is 12. The Bertz CT molecular complexity index is 1790. The summed E-state index contributed by atoms with van der Waals surface area (Å²) in [4.78, 5) is 13.3. The Morgan fingerprint density at radius 2 is 0.831 bits per heavy atom. The first kappa shape index (κ1) is 74.5. The van der Waals surface area contributed by atoms with Crippen molar-refractivity contribution < 1.29 is 89.4 Å². The molecule has 0 aromatic heterocycles. The predicted molar refractivity (Wildman–Crippen MR) is 318 cm³/mol. The van der Waals surface area contributed by atoms with E-state index in [1.807, 2.05) is 6.08 Å². The van der Waals surface area contributed by atoms with Crippen molar-refractivity contribution in [1.82, 2.24) is 5.32 Å². The van der Waals surface area contributed by atoms with Crippen LogP contribution in [0.1, 0.15) is 194 Å². The Morgan fingerprint density at radius 3 is 1.30 bits per heavy atom. The second kappa shape index (κ2) is 46.4. The van der Waals surface area contributed by atoms with Gasteiger partial charge in [0.2, 0.25) is 5.91 Å². The Labute approximate surface area is 496 Å². The normalized spacial score (nSPS) is 29.9. The highest BCUT2D eigenvalue weighted by molar-refractivity contribution is 5.76. The molecular weight excluding hydrogens is 1070 g/mol. The third-order valence-electron chi connectivity index (χ3n) is 15.5. The lowest BCUT2D eigenvalue weighted by Crippen LogP contribution is -2.66. The van der Waals surface area contributed by atoms with Crippen LogP contribution < -0.4 is 5.32 Å². The number of nitrogens with one attached hydrogen (secondary N) is 1. The average Bonchev–Trinajstić information content (AvgIpc) is 3.43. The maximum atomic E-state index is 13.3. The molecule has 3 aliphatic rings. The summed E-state index contributed by atoms with van der Waals surface area (Å²) in [5.74, 6) is -0.309. The van der Waals surface area contributed by atoms with E-state index in [1.165, 1.54) is 89.9 Å². The van der Waals surface area contributed by atoms with Gasteiger partial charge in [0.15, 0.2) is 18.9 Å².